The normalized spacial score (nSPS) is 11.1. The SMILES string of the molecule is O=c1oc2nnc(oc(=O)c3ccccc13)c1ccccc21. The first-order chi connectivity index (χ1) is 10.7. The molecule has 0 aliphatic carbocycles. The van der Waals surface area contributed by atoms with Gasteiger partial charge in [0, 0.05) is 0 Å². The maximum atomic E-state index is 12.3. The Bertz CT molecular complexity index is 1080. The molecule has 0 unspecified atom stereocenters. The van der Waals surface area contributed by atoms with E-state index in [0.717, 1.165) is 0 Å². The third-order valence-corrected chi connectivity index (χ3v) is 3.37. The molecule has 0 saturated carbocycles. The van der Waals surface area contributed by atoms with Gasteiger partial charge in [0.1, 0.15) is 0 Å². The van der Waals surface area contributed by atoms with E-state index in [9.17, 15) is 9.59 Å². The highest BCUT2D eigenvalue weighted by Crippen LogP contribution is 2.19. The molecule has 22 heavy (non-hydrogen) atoms. The zero-order chi connectivity index (χ0) is 15.1. The molecule has 2 aromatic carbocycles. The van der Waals surface area contributed by atoms with Crippen LogP contribution in [0.2, 0.25) is 0 Å². The van der Waals surface area contributed by atoms with Crippen molar-refractivity contribution in [1.29, 1.82) is 0 Å². The first kappa shape index (κ1) is 12.5. The van der Waals surface area contributed by atoms with Gasteiger partial charge in [0.25, 0.3) is 11.4 Å². The van der Waals surface area contributed by atoms with Gasteiger partial charge in [-0.15, -0.1) is 10.2 Å². The van der Waals surface area contributed by atoms with Crippen molar-refractivity contribution in [3.05, 3.63) is 69.4 Å². The van der Waals surface area contributed by atoms with Gasteiger partial charge >= 0.3 is 11.3 Å². The average Bonchev–Trinajstić information content (AvgIpc) is 2.56. The highest BCUT2D eigenvalue weighted by Gasteiger charge is 2.08. The summed E-state index contributed by atoms with van der Waals surface area (Å²) in [5.41, 5.74) is -1.20. The van der Waals surface area contributed by atoms with Crippen LogP contribution in [0.15, 0.2) is 67.0 Å². The zero-order valence-corrected chi connectivity index (χ0v) is 11.1. The fraction of sp³-hybridized carbons (Fsp3) is 0. The van der Waals surface area contributed by atoms with Gasteiger partial charge in [-0.1, -0.05) is 24.3 Å². The molecule has 0 aliphatic rings. The van der Waals surface area contributed by atoms with Crippen LogP contribution in [0.25, 0.3) is 33.0 Å². The zero-order valence-electron chi connectivity index (χ0n) is 11.1. The standard InChI is InChI=1S/C16H8N2O4/c19-15-11-7-3-4-8-12(11)16(20)22-14-10-6-2-1-5-9(10)13(21-15)17-18-14/h1-8H. The van der Waals surface area contributed by atoms with Gasteiger partial charge < -0.3 is 8.83 Å². The third-order valence-electron chi connectivity index (χ3n) is 3.37. The van der Waals surface area contributed by atoms with Crippen molar-refractivity contribution in [1.82, 2.24) is 10.2 Å². The van der Waals surface area contributed by atoms with Crippen LogP contribution in [0.5, 0.6) is 0 Å². The Morgan fingerprint density at radius 1 is 0.591 bits per heavy atom. The molecule has 0 aliphatic heterocycles. The van der Waals surface area contributed by atoms with E-state index in [1.54, 1.807) is 36.4 Å². The van der Waals surface area contributed by atoms with E-state index in [2.05, 4.69) is 10.2 Å². The topological polar surface area (TPSA) is 86.2 Å². The first-order valence-electron chi connectivity index (χ1n) is 6.53. The maximum Gasteiger partial charge on any atom is 0.345 e. The minimum Gasteiger partial charge on any atom is -0.401 e. The maximum absolute atomic E-state index is 12.3. The van der Waals surface area contributed by atoms with Crippen LogP contribution in [-0.2, 0) is 0 Å². The van der Waals surface area contributed by atoms with Crippen molar-refractivity contribution in [2.24, 2.45) is 0 Å². The number of nitrogens with zero attached hydrogens (tertiary/aromatic N) is 2. The summed E-state index contributed by atoms with van der Waals surface area (Å²) < 4.78 is 10.6. The van der Waals surface area contributed by atoms with Crippen LogP contribution >= 0.6 is 0 Å². The number of hydrogen-bond acceptors (Lipinski definition) is 6. The van der Waals surface area contributed by atoms with Gasteiger partial charge in [-0.05, 0) is 24.3 Å². The van der Waals surface area contributed by atoms with Gasteiger partial charge in [-0.3, -0.25) is 0 Å². The molecule has 0 amide bonds. The highest BCUT2D eigenvalue weighted by molar-refractivity contribution is 5.99. The van der Waals surface area contributed by atoms with Crippen LogP contribution in [0.3, 0.4) is 0 Å². The summed E-state index contributed by atoms with van der Waals surface area (Å²) in [5, 5.41) is 9.02. The lowest BCUT2D eigenvalue weighted by molar-refractivity contribution is 0.533. The summed E-state index contributed by atoms with van der Waals surface area (Å²) in [6.45, 7) is 0. The second-order valence-electron chi connectivity index (χ2n) is 4.68. The first-order valence-corrected chi connectivity index (χ1v) is 6.53. The van der Waals surface area contributed by atoms with Gasteiger partial charge in [-0.25, -0.2) is 9.59 Å². The predicted octanol–water partition coefficient (Wildman–Crippen LogP) is 2.40. The summed E-state index contributed by atoms with van der Waals surface area (Å²) in [6.07, 6.45) is 0. The van der Waals surface area contributed by atoms with Crippen LogP contribution in [-0.4, -0.2) is 10.2 Å². The van der Waals surface area contributed by atoms with Crippen LogP contribution in [0.1, 0.15) is 0 Å². The van der Waals surface area contributed by atoms with E-state index in [4.69, 9.17) is 8.83 Å². The Labute approximate surface area is 122 Å². The Morgan fingerprint density at radius 3 is 1.36 bits per heavy atom. The molecular formula is C16H8N2O4. The fourth-order valence-corrected chi connectivity index (χ4v) is 2.33. The molecule has 4 rings (SSSR count). The molecule has 6 heteroatoms. The van der Waals surface area contributed by atoms with E-state index >= 15 is 0 Å². The number of hydrogen-bond donors (Lipinski definition) is 0. The van der Waals surface area contributed by atoms with Crippen LogP contribution in [0.4, 0.5) is 0 Å². The van der Waals surface area contributed by atoms with Gasteiger partial charge in [-0.2, -0.15) is 0 Å². The molecule has 2 bridgehead atoms. The van der Waals surface area contributed by atoms with Gasteiger partial charge in [0.15, 0.2) is 0 Å². The van der Waals surface area contributed by atoms with Crippen molar-refractivity contribution in [3.8, 4) is 0 Å². The summed E-state index contributed by atoms with van der Waals surface area (Å²) in [6, 6.07) is 13.3. The number of fused-ring (bicyclic) bond motifs is 7. The average molecular weight is 292 g/mol. The molecule has 2 aromatic heterocycles. The molecule has 0 N–H and O–H groups in total. The second kappa shape index (κ2) is 4.63. The summed E-state index contributed by atoms with van der Waals surface area (Å²) in [7, 11) is 0. The largest absolute Gasteiger partial charge is 0.401 e. The Balaban J connectivity index is 2.43. The minimum atomic E-state index is -0.679. The minimum absolute atomic E-state index is 0.0807. The van der Waals surface area contributed by atoms with E-state index in [0.29, 0.717) is 10.8 Å². The highest BCUT2D eigenvalue weighted by atomic mass is 16.4. The van der Waals surface area contributed by atoms with Crippen molar-refractivity contribution >= 4 is 33.0 Å². The smallest absolute Gasteiger partial charge is 0.345 e. The van der Waals surface area contributed by atoms with Crippen LogP contribution < -0.4 is 11.3 Å². The molecule has 106 valence electrons. The van der Waals surface area contributed by atoms with E-state index in [-0.39, 0.29) is 22.2 Å². The number of aromatic nitrogens is 2. The molecule has 0 saturated heterocycles. The predicted molar refractivity (Wildman–Crippen MR) is 80.4 cm³/mol. The monoisotopic (exact) mass is 292 g/mol. The molecular weight excluding hydrogens is 284 g/mol. The quantitative estimate of drug-likeness (QED) is 0.494. The third kappa shape index (κ3) is 1.81. The second-order valence-corrected chi connectivity index (χ2v) is 4.68. The Morgan fingerprint density at radius 2 is 0.955 bits per heavy atom. The molecule has 4 aromatic rings. The lowest BCUT2D eigenvalue weighted by atomic mass is 10.2. The van der Waals surface area contributed by atoms with Gasteiger partial charge in [0.2, 0.25) is 0 Å². The molecule has 0 spiro atoms. The summed E-state index contributed by atoms with van der Waals surface area (Å²) in [4.78, 5) is 24.6. The fourth-order valence-electron chi connectivity index (χ4n) is 2.33. The molecule has 0 radical (unpaired) electrons. The van der Waals surface area contributed by atoms with Crippen molar-refractivity contribution in [2.45, 2.75) is 0 Å². The lowest BCUT2D eigenvalue weighted by Gasteiger charge is -1.98. The molecule has 6 nitrogen and oxygen atoms in total. The lowest BCUT2D eigenvalue weighted by Crippen LogP contribution is -2.05. The number of benzene rings is 2. The van der Waals surface area contributed by atoms with E-state index in [1.165, 1.54) is 12.1 Å². The molecule has 2 heterocycles. The summed E-state index contributed by atoms with van der Waals surface area (Å²) in [5.74, 6) is 0. The number of rotatable bonds is 0. The van der Waals surface area contributed by atoms with Crippen molar-refractivity contribution in [3.63, 3.8) is 0 Å². The van der Waals surface area contributed by atoms with Crippen LogP contribution in [0, 0.1) is 0 Å². The summed E-state index contributed by atoms with van der Waals surface area (Å²) >= 11 is 0. The van der Waals surface area contributed by atoms with Crippen molar-refractivity contribution in [2.75, 3.05) is 0 Å². The molecule has 0 atom stereocenters. The van der Waals surface area contributed by atoms with Crippen molar-refractivity contribution < 1.29 is 8.83 Å². The van der Waals surface area contributed by atoms with E-state index in [1.807, 2.05) is 0 Å². The van der Waals surface area contributed by atoms with E-state index < -0.39 is 11.3 Å². The molecule has 0 fully saturated rings. The Kier molecular flexibility index (Phi) is 2.62. The van der Waals surface area contributed by atoms with Gasteiger partial charge in [0.05, 0.1) is 21.5 Å². The Hall–Kier alpha value is -3.28.